The zero-order valence-electron chi connectivity index (χ0n) is 17.6. The predicted octanol–water partition coefficient (Wildman–Crippen LogP) is 4.46. The molecule has 0 unspecified atom stereocenters. The quantitative estimate of drug-likeness (QED) is 0.354. The molecule has 0 bridgehead atoms. The molecule has 0 aliphatic carbocycles. The number of aliphatic hydroxyl groups is 1. The van der Waals surface area contributed by atoms with E-state index >= 15 is 0 Å². The van der Waals surface area contributed by atoms with E-state index in [2.05, 4.69) is 5.32 Å². The van der Waals surface area contributed by atoms with E-state index in [1.165, 1.54) is 0 Å². The van der Waals surface area contributed by atoms with Gasteiger partial charge >= 0.3 is 0 Å². The van der Waals surface area contributed by atoms with Gasteiger partial charge < -0.3 is 15.2 Å². The van der Waals surface area contributed by atoms with Crippen LogP contribution in [0.3, 0.4) is 0 Å². The van der Waals surface area contributed by atoms with Crippen LogP contribution in [0.15, 0.2) is 78.1 Å². The zero-order valence-corrected chi connectivity index (χ0v) is 17.6. The Hall–Kier alpha value is -3.60. The Morgan fingerprint density at radius 3 is 2.48 bits per heavy atom. The van der Waals surface area contributed by atoms with E-state index in [1.54, 1.807) is 14.0 Å². The van der Waals surface area contributed by atoms with Crippen LogP contribution in [-0.4, -0.2) is 29.9 Å². The van der Waals surface area contributed by atoms with Crippen LogP contribution in [0.2, 0.25) is 0 Å². The smallest absolute Gasteiger partial charge is 0.259 e. The normalized spacial score (nSPS) is 18.7. The fourth-order valence-corrected chi connectivity index (χ4v) is 4.00. The fourth-order valence-electron chi connectivity index (χ4n) is 4.00. The molecule has 4 rings (SSSR count). The molecule has 0 saturated carbocycles. The Bertz CT molecular complexity index is 1170. The Morgan fingerprint density at radius 2 is 1.74 bits per heavy atom. The van der Waals surface area contributed by atoms with Gasteiger partial charge in [-0.2, -0.15) is 0 Å². The highest BCUT2D eigenvalue weighted by Gasteiger charge is 2.39. The Balaban J connectivity index is 1.55. The molecule has 0 radical (unpaired) electrons. The third kappa shape index (κ3) is 4.17. The van der Waals surface area contributed by atoms with Gasteiger partial charge in [0.2, 0.25) is 0 Å². The van der Waals surface area contributed by atoms with Gasteiger partial charge in [-0.1, -0.05) is 61.5 Å². The van der Waals surface area contributed by atoms with Crippen molar-refractivity contribution in [3.05, 3.63) is 89.2 Å². The summed E-state index contributed by atoms with van der Waals surface area (Å²) in [7, 11) is 1.62. The topological polar surface area (TPSA) is 75.6 Å². The van der Waals surface area contributed by atoms with Crippen LogP contribution in [0.5, 0.6) is 5.75 Å². The van der Waals surface area contributed by atoms with E-state index in [4.69, 9.17) is 4.74 Å². The van der Waals surface area contributed by atoms with Crippen molar-refractivity contribution in [2.75, 3.05) is 7.11 Å². The van der Waals surface area contributed by atoms with Crippen LogP contribution in [0, 0.1) is 0 Å². The van der Waals surface area contributed by atoms with Crippen LogP contribution >= 0.6 is 0 Å². The highest BCUT2D eigenvalue weighted by Crippen LogP contribution is 2.31. The average Bonchev–Trinajstić information content (AvgIpc) is 3.09. The number of ketones is 1. The first-order valence-corrected chi connectivity index (χ1v) is 10.4. The maximum absolute atomic E-state index is 12.9. The van der Waals surface area contributed by atoms with Gasteiger partial charge in [-0.15, -0.1) is 0 Å². The lowest BCUT2D eigenvalue weighted by Crippen LogP contribution is -2.29. The molecule has 1 saturated heterocycles. The number of aryl methyl sites for hydroxylation is 1. The zero-order chi connectivity index (χ0) is 22.0. The molecule has 2 N–H and O–H groups in total. The van der Waals surface area contributed by atoms with E-state index in [9.17, 15) is 14.7 Å². The van der Waals surface area contributed by atoms with Gasteiger partial charge in [0.25, 0.3) is 5.91 Å². The summed E-state index contributed by atoms with van der Waals surface area (Å²) >= 11 is 0. The molecule has 5 nitrogen and oxygen atoms in total. The molecule has 3 aromatic rings. The summed E-state index contributed by atoms with van der Waals surface area (Å²) in [6, 6.07) is 20.8. The number of amides is 1. The predicted molar refractivity (Wildman–Crippen MR) is 120 cm³/mol. The molecule has 1 aliphatic rings. The third-order valence-corrected chi connectivity index (χ3v) is 5.90. The first-order valence-electron chi connectivity index (χ1n) is 10.4. The average molecular weight is 415 g/mol. The first kappa shape index (κ1) is 20.7. The van der Waals surface area contributed by atoms with Gasteiger partial charge in [0.05, 0.1) is 13.2 Å². The molecule has 5 heteroatoms. The van der Waals surface area contributed by atoms with Crippen molar-refractivity contribution >= 4 is 22.5 Å². The molecular weight excluding hydrogens is 390 g/mol. The molecule has 31 heavy (non-hydrogen) atoms. The van der Waals surface area contributed by atoms with Crippen molar-refractivity contribution in [1.82, 2.24) is 5.32 Å². The number of benzene rings is 3. The Labute approximate surface area is 181 Å². The number of hydrogen-bond donors (Lipinski definition) is 2. The molecule has 1 aliphatic heterocycles. The SMILES string of the molecule is COc1ccc2cc([C@H](C)C(O)=C3C(=O)N[C@H](CCc4ccccc4)C3=O)ccc2c1. The van der Waals surface area contributed by atoms with Crippen LogP contribution in [0.25, 0.3) is 10.8 Å². The molecule has 1 fully saturated rings. The molecule has 2 atom stereocenters. The minimum absolute atomic E-state index is 0.125. The van der Waals surface area contributed by atoms with Gasteiger partial charge in [-0.25, -0.2) is 0 Å². The highest BCUT2D eigenvalue weighted by atomic mass is 16.5. The number of rotatable bonds is 6. The van der Waals surface area contributed by atoms with Gasteiger partial charge in [-0.05, 0) is 46.9 Å². The lowest BCUT2D eigenvalue weighted by Gasteiger charge is -2.14. The van der Waals surface area contributed by atoms with Crippen molar-refractivity contribution in [3.63, 3.8) is 0 Å². The van der Waals surface area contributed by atoms with Crippen LogP contribution in [-0.2, 0) is 16.0 Å². The number of carbonyl (C=O) groups is 2. The van der Waals surface area contributed by atoms with Crippen molar-refractivity contribution in [1.29, 1.82) is 0 Å². The summed E-state index contributed by atoms with van der Waals surface area (Å²) in [5.74, 6) is -0.733. The van der Waals surface area contributed by atoms with Gasteiger partial charge in [-0.3, -0.25) is 9.59 Å². The molecule has 0 spiro atoms. The molecule has 3 aromatic carbocycles. The monoisotopic (exact) mass is 415 g/mol. The van der Waals surface area contributed by atoms with Crippen molar-refractivity contribution < 1.29 is 19.4 Å². The van der Waals surface area contributed by atoms with Crippen molar-refractivity contribution in [2.45, 2.75) is 31.7 Å². The summed E-state index contributed by atoms with van der Waals surface area (Å²) in [5, 5.41) is 15.6. The summed E-state index contributed by atoms with van der Waals surface area (Å²) in [6.07, 6.45) is 1.17. The van der Waals surface area contributed by atoms with E-state index < -0.39 is 17.9 Å². The number of hydrogen-bond acceptors (Lipinski definition) is 4. The van der Waals surface area contributed by atoms with E-state index in [0.29, 0.717) is 12.8 Å². The van der Waals surface area contributed by atoms with Crippen LogP contribution < -0.4 is 10.1 Å². The number of allylic oxidation sites excluding steroid dienone is 1. The Kier molecular flexibility index (Phi) is 5.76. The molecule has 1 heterocycles. The summed E-state index contributed by atoms with van der Waals surface area (Å²) in [4.78, 5) is 25.4. The standard InChI is InChI=1S/C26H25NO4/c1-16(18-9-10-20-15-21(31-2)12-11-19(20)14-18)24(28)23-25(29)22(27-26(23)30)13-8-17-6-4-3-5-7-17/h3-7,9-12,14-16,22,28H,8,13H2,1-2H3,(H,27,30)/t16-,22+/m0/s1. The minimum Gasteiger partial charge on any atom is -0.511 e. The highest BCUT2D eigenvalue weighted by molar-refractivity contribution is 6.27. The number of fused-ring (bicyclic) bond motifs is 1. The van der Waals surface area contributed by atoms with Crippen LogP contribution in [0.1, 0.15) is 30.4 Å². The second-order valence-electron chi connectivity index (χ2n) is 7.87. The number of methoxy groups -OCH3 is 1. The summed E-state index contributed by atoms with van der Waals surface area (Å²) in [6.45, 7) is 1.80. The third-order valence-electron chi connectivity index (χ3n) is 5.90. The summed E-state index contributed by atoms with van der Waals surface area (Å²) < 4.78 is 5.26. The second kappa shape index (κ2) is 8.64. The van der Waals surface area contributed by atoms with E-state index in [1.807, 2.05) is 66.7 Å². The number of nitrogens with one attached hydrogen (secondary N) is 1. The van der Waals surface area contributed by atoms with Crippen LogP contribution in [0.4, 0.5) is 0 Å². The number of Topliss-reactive ketones (excluding diaryl/α,β-unsaturated/α-hetero) is 1. The lowest BCUT2D eigenvalue weighted by atomic mass is 9.92. The van der Waals surface area contributed by atoms with Gasteiger partial charge in [0.15, 0.2) is 5.78 Å². The fraction of sp³-hybridized carbons (Fsp3) is 0.231. The van der Waals surface area contributed by atoms with E-state index in [0.717, 1.165) is 27.6 Å². The number of carbonyl (C=O) groups excluding carboxylic acids is 2. The van der Waals surface area contributed by atoms with Gasteiger partial charge in [0.1, 0.15) is 17.1 Å². The maximum Gasteiger partial charge on any atom is 0.259 e. The Morgan fingerprint density at radius 1 is 1.03 bits per heavy atom. The maximum atomic E-state index is 12.9. The molecule has 1 amide bonds. The molecular formula is C26H25NO4. The van der Waals surface area contributed by atoms with E-state index in [-0.39, 0.29) is 17.1 Å². The van der Waals surface area contributed by atoms with Crippen molar-refractivity contribution in [2.24, 2.45) is 0 Å². The second-order valence-corrected chi connectivity index (χ2v) is 7.87. The molecule has 158 valence electrons. The first-order chi connectivity index (χ1) is 15.0. The molecule has 0 aromatic heterocycles. The summed E-state index contributed by atoms with van der Waals surface area (Å²) in [5.41, 5.74) is 1.81. The van der Waals surface area contributed by atoms with Crippen molar-refractivity contribution in [3.8, 4) is 5.75 Å². The minimum atomic E-state index is -0.610. The number of aliphatic hydroxyl groups excluding tert-OH is 1. The number of ether oxygens (including phenoxy) is 1. The lowest BCUT2D eigenvalue weighted by molar-refractivity contribution is -0.117. The largest absolute Gasteiger partial charge is 0.511 e. The van der Waals surface area contributed by atoms with Gasteiger partial charge in [0, 0.05) is 5.92 Å².